The molecule has 1 atom stereocenters. The van der Waals surface area contributed by atoms with Gasteiger partial charge in [-0.1, -0.05) is 18.2 Å². The molecule has 0 saturated carbocycles. The van der Waals surface area contributed by atoms with Gasteiger partial charge >= 0.3 is 6.18 Å². The summed E-state index contributed by atoms with van der Waals surface area (Å²) >= 11 is 1.65. The Morgan fingerprint density at radius 1 is 1.25 bits per heavy atom. The summed E-state index contributed by atoms with van der Waals surface area (Å²) in [4.78, 5) is 1.19. The van der Waals surface area contributed by atoms with E-state index in [1.807, 2.05) is 25.4 Å². The number of alkyl halides is 3. The molecule has 0 saturated heterocycles. The number of hydrogen-bond acceptors (Lipinski definition) is 2. The molecule has 1 heterocycles. The minimum Gasteiger partial charge on any atom is -0.313 e. The van der Waals surface area contributed by atoms with Crippen LogP contribution in [0.15, 0.2) is 35.7 Å². The van der Waals surface area contributed by atoms with Gasteiger partial charge in [0, 0.05) is 10.9 Å². The van der Waals surface area contributed by atoms with Gasteiger partial charge in [-0.25, -0.2) is 0 Å². The van der Waals surface area contributed by atoms with Crippen LogP contribution < -0.4 is 5.32 Å². The molecule has 5 heteroatoms. The monoisotopic (exact) mass is 299 g/mol. The number of likely N-dealkylation sites (N-methyl/N-ethyl adjacent to an activating group) is 1. The lowest BCUT2D eigenvalue weighted by atomic mass is 9.98. The summed E-state index contributed by atoms with van der Waals surface area (Å²) in [6, 6.07) is 7.59. The Kier molecular flexibility index (Phi) is 4.50. The van der Waals surface area contributed by atoms with Crippen LogP contribution in [0.25, 0.3) is 0 Å². The summed E-state index contributed by atoms with van der Waals surface area (Å²) in [5, 5.41) is 5.18. The highest BCUT2D eigenvalue weighted by molar-refractivity contribution is 7.10. The molecule has 108 valence electrons. The zero-order valence-electron chi connectivity index (χ0n) is 11.3. The molecule has 0 aliphatic heterocycles. The fourth-order valence-corrected chi connectivity index (χ4v) is 3.00. The van der Waals surface area contributed by atoms with E-state index in [2.05, 4.69) is 5.32 Å². The highest BCUT2D eigenvalue weighted by Crippen LogP contribution is 2.31. The molecule has 20 heavy (non-hydrogen) atoms. The second-order valence-corrected chi connectivity index (χ2v) is 5.80. The van der Waals surface area contributed by atoms with Crippen molar-refractivity contribution < 1.29 is 13.2 Å². The van der Waals surface area contributed by atoms with Gasteiger partial charge in [0.2, 0.25) is 0 Å². The van der Waals surface area contributed by atoms with Crippen molar-refractivity contribution in [3.63, 3.8) is 0 Å². The molecule has 0 spiro atoms. The fraction of sp³-hybridized carbons (Fsp3) is 0.333. The number of thiophene rings is 1. The molecule has 1 N–H and O–H groups in total. The van der Waals surface area contributed by atoms with Crippen molar-refractivity contribution in [3.05, 3.63) is 57.3 Å². The fourth-order valence-electron chi connectivity index (χ4n) is 2.23. The van der Waals surface area contributed by atoms with Crippen molar-refractivity contribution in [3.8, 4) is 0 Å². The van der Waals surface area contributed by atoms with E-state index in [4.69, 9.17) is 0 Å². The van der Waals surface area contributed by atoms with Crippen LogP contribution in [-0.4, -0.2) is 7.05 Å². The predicted molar refractivity (Wildman–Crippen MR) is 76.0 cm³/mol. The van der Waals surface area contributed by atoms with E-state index in [0.717, 1.165) is 11.6 Å². The van der Waals surface area contributed by atoms with E-state index in [-0.39, 0.29) is 6.04 Å². The Morgan fingerprint density at radius 3 is 2.55 bits per heavy atom. The number of benzene rings is 1. The van der Waals surface area contributed by atoms with Crippen LogP contribution in [0.4, 0.5) is 13.2 Å². The lowest BCUT2D eigenvalue weighted by Crippen LogP contribution is -2.19. The van der Waals surface area contributed by atoms with Gasteiger partial charge in [0.25, 0.3) is 0 Å². The highest BCUT2D eigenvalue weighted by Gasteiger charge is 2.30. The van der Waals surface area contributed by atoms with E-state index in [1.165, 1.54) is 17.0 Å². The van der Waals surface area contributed by atoms with E-state index >= 15 is 0 Å². The second-order valence-electron chi connectivity index (χ2n) is 4.68. The van der Waals surface area contributed by atoms with Gasteiger partial charge < -0.3 is 5.32 Å². The minimum atomic E-state index is -4.29. The van der Waals surface area contributed by atoms with Gasteiger partial charge in [0.05, 0.1) is 5.56 Å². The molecule has 1 unspecified atom stereocenters. The average Bonchev–Trinajstić information content (AvgIpc) is 2.81. The molecule has 0 aliphatic carbocycles. The molecule has 1 nitrogen and oxygen atoms in total. The van der Waals surface area contributed by atoms with Crippen molar-refractivity contribution in [1.29, 1.82) is 0 Å². The van der Waals surface area contributed by atoms with Gasteiger partial charge in [-0.15, -0.1) is 11.3 Å². The first-order valence-electron chi connectivity index (χ1n) is 6.29. The molecule has 0 bridgehead atoms. The summed E-state index contributed by atoms with van der Waals surface area (Å²) in [5.41, 5.74) is 1.24. The van der Waals surface area contributed by atoms with Crippen molar-refractivity contribution in [2.24, 2.45) is 0 Å². The molecular formula is C15H16F3NS. The van der Waals surface area contributed by atoms with Gasteiger partial charge in [-0.3, -0.25) is 0 Å². The molecule has 0 amide bonds. The average molecular weight is 299 g/mol. The summed E-state index contributed by atoms with van der Waals surface area (Å²) in [5.74, 6) is 0. The smallest absolute Gasteiger partial charge is 0.313 e. The van der Waals surface area contributed by atoms with Crippen molar-refractivity contribution in [2.45, 2.75) is 25.6 Å². The maximum absolute atomic E-state index is 12.7. The Balaban J connectivity index is 2.23. The third kappa shape index (κ3) is 3.41. The Bertz CT molecular complexity index is 574. The number of aryl methyl sites for hydroxylation is 1. The molecule has 0 aliphatic rings. The molecule has 2 rings (SSSR count). The maximum Gasteiger partial charge on any atom is 0.416 e. The normalized spacial score (nSPS) is 13.4. The zero-order valence-corrected chi connectivity index (χ0v) is 12.1. The molecule has 0 radical (unpaired) electrons. The van der Waals surface area contributed by atoms with Gasteiger partial charge in [-0.05, 0) is 49.0 Å². The van der Waals surface area contributed by atoms with E-state index in [9.17, 15) is 13.2 Å². The van der Waals surface area contributed by atoms with E-state index in [1.54, 1.807) is 17.4 Å². The summed E-state index contributed by atoms with van der Waals surface area (Å²) in [6.45, 7) is 2.02. The maximum atomic E-state index is 12.7. The zero-order chi connectivity index (χ0) is 14.8. The third-order valence-electron chi connectivity index (χ3n) is 3.32. The number of halogens is 3. The van der Waals surface area contributed by atoms with Gasteiger partial charge in [-0.2, -0.15) is 13.2 Å². The van der Waals surface area contributed by atoms with Gasteiger partial charge in [0.15, 0.2) is 0 Å². The lowest BCUT2D eigenvalue weighted by molar-refractivity contribution is -0.137. The SMILES string of the molecule is CNC(Cc1cccc(C(F)(F)F)c1)c1ccsc1C. The number of rotatable bonds is 4. The van der Waals surface area contributed by atoms with Crippen molar-refractivity contribution in [1.82, 2.24) is 5.32 Å². The molecule has 2 aromatic rings. The van der Waals surface area contributed by atoms with Crippen molar-refractivity contribution >= 4 is 11.3 Å². The Labute approximate surface area is 120 Å². The van der Waals surface area contributed by atoms with Crippen molar-refractivity contribution in [2.75, 3.05) is 7.05 Å². The van der Waals surface area contributed by atoms with E-state index in [0.29, 0.717) is 12.0 Å². The molecule has 1 aromatic carbocycles. The third-order valence-corrected chi connectivity index (χ3v) is 4.18. The van der Waals surface area contributed by atoms with Crippen LogP contribution in [0.2, 0.25) is 0 Å². The predicted octanol–water partition coefficient (Wildman–Crippen LogP) is 4.58. The first-order chi connectivity index (χ1) is 9.41. The molecule has 1 aromatic heterocycles. The van der Waals surface area contributed by atoms with Crippen LogP contribution in [0.1, 0.15) is 27.6 Å². The second kappa shape index (κ2) is 5.97. The standard InChI is InChI=1S/C15H16F3NS/c1-10-13(6-7-20-10)14(19-2)9-11-4-3-5-12(8-11)15(16,17)18/h3-8,14,19H,9H2,1-2H3. The first kappa shape index (κ1) is 15.1. The quantitative estimate of drug-likeness (QED) is 0.871. The highest BCUT2D eigenvalue weighted by atomic mass is 32.1. The molecular weight excluding hydrogens is 283 g/mol. The summed E-state index contributed by atoms with van der Waals surface area (Å²) in [7, 11) is 1.83. The minimum absolute atomic E-state index is 0.0322. The van der Waals surface area contributed by atoms with Crippen LogP contribution in [0.5, 0.6) is 0 Å². The van der Waals surface area contributed by atoms with E-state index < -0.39 is 11.7 Å². The number of hydrogen-bond donors (Lipinski definition) is 1. The topological polar surface area (TPSA) is 12.0 Å². The van der Waals surface area contributed by atoms with Crippen LogP contribution >= 0.6 is 11.3 Å². The summed E-state index contributed by atoms with van der Waals surface area (Å²) in [6.07, 6.45) is -3.75. The first-order valence-corrected chi connectivity index (χ1v) is 7.17. The lowest BCUT2D eigenvalue weighted by Gasteiger charge is -2.17. The molecule has 0 fully saturated rings. The van der Waals surface area contributed by atoms with Crippen LogP contribution in [0.3, 0.4) is 0 Å². The van der Waals surface area contributed by atoms with Crippen LogP contribution in [0, 0.1) is 6.92 Å². The Hall–Kier alpha value is -1.33. The van der Waals surface area contributed by atoms with Crippen LogP contribution in [-0.2, 0) is 12.6 Å². The number of nitrogens with one attached hydrogen (secondary N) is 1. The Morgan fingerprint density at radius 2 is 2.00 bits per heavy atom. The summed E-state index contributed by atoms with van der Waals surface area (Å²) < 4.78 is 38.1. The van der Waals surface area contributed by atoms with Gasteiger partial charge in [0.1, 0.15) is 0 Å². The largest absolute Gasteiger partial charge is 0.416 e.